The van der Waals surface area contributed by atoms with Crippen molar-refractivity contribution < 1.29 is 18.7 Å². The first-order chi connectivity index (χ1) is 9.13. The van der Waals surface area contributed by atoms with Crippen LogP contribution in [0.25, 0.3) is 0 Å². The lowest BCUT2D eigenvalue weighted by molar-refractivity contribution is -0.129. The van der Waals surface area contributed by atoms with E-state index in [4.69, 9.17) is 4.74 Å². The number of carbonyl (C=O) groups excluding carboxylic acids is 2. The molecule has 1 rings (SSSR count). The zero-order valence-electron chi connectivity index (χ0n) is 10.7. The first-order valence-electron chi connectivity index (χ1n) is 5.89. The standard InChI is InChI=1S/C13H17FN2O3/c1-19-7-6-15-12(17)8-13(18)16-9-10-4-2-3-5-11(10)14/h2-5H,6-9H2,1H3,(H,15,17)(H,16,18). The molecule has 2 N–H and O–H groups in total. The monoisotopic (exact) mass is 268 g/mol. The Balaban J connectivity index is 2.28. The highest BCUT2D eigenvalue weighted by atomic mass is 19.1. The lowest BCUT2D eigenvalue weighted by Gasteiger charge is -2.07. The molecule has 0 aromatic heterocycles. The van der Waals surface area contributed by atoms with E-state index < -0.39 is 5.91 Å². The number of benzene rings is 1. The molecule has 0 aliphatic rings. The Kier molecular flexibility index (Phi) is 6.52. The third-order valence-electron chi connectivity index (χ3n) is 2.38. The summed E-state index contributed by atoms with van der Waals surface area (Å²) in [7, 11) is 1.52. The zero-order chi connectivity index (χ0) is 14.1. The van der Waals surface area contributed by atoms with Gasteiger partial charge in [0.15, 0.2) is 0 Å². The van der Waals surface area contributed by atoms with Crippen molar-refractivity contribution in [3.05, 3.63) is 35.6 Å². The van der Waals surface area contributed by atoms with Crippen LogP contribution >= 0.6 is 0 Å². The number of amides is 2. The largest absolute Gasteiger partial charge is 0.383 e. The molecule has 19 heavy (non-hydrogen) atoms. The van der Waals surface area contributed by atoms with Crippen molar-refractivity contribution >= 4 is 11.8 Å². The van der Waals surface area contributed by atoms with E-state index in [2.05, 4.69) is 10.6 Å². The van der Waals surface area contributed by atoms with Crippen LogP contribution < -0.4 is 10.6 Å². The zero-order valence-corrected chi connectivity index (χ0v) is 10.7. The molecule has 0 unspecified atom stereocenters. The Morgan fingerprint density at radius 3 is 2.58 bits per heavy atom. The molecule has 0 bridgehead atoms. The Morgan fingerprint density at radius 1 is 1.21 bits per heavy atom. The first-order valence-corrected chi connectivity index (χ1v) is 5.89. The summed E-state index contributed by atoms with van der Waals surface area (Å²) in [6.07, 6.45) is -0.280. The van der Waals surface area contributed by atoms with Crippen LogP contribution in [0.15, 0.2) is 24.3 Å². The fourth-order valence-corrected chi connectivity index (χ4v) is 1.40. The quantitative estimate of drug-likeness (QED) is 0.562. The lowest BCUT2D eigenvalue weighted by Crippen LogP contribution is -2.33. The van der Waals surface area contributed by atoms with E-state index in [1.54, 1.807) is 18.2 Å². The Hall–Kier alpha value is -1.95. The molecule has 0 saturated carbocycles. The number of rotatable bonds is 7. The van der Waals surface area contributed by atoms with Crippen molar-refractivity contribution in [2.75, 3.05) is 20.3 Å². The number of halogens is 1. The first kappa shape index (κ1) is 15.1. The van der Waals surface area contributed by atoms with Gasteiger partial charge in [-0.2, -0.15) is 0 Å². The van der Waals surface area contributed by atoms with E-state index in [1.807, 2.05) is 0 Å². The van der Waals surface area contributed by atoms with Crippen molar-refractivity contribution in [1.29, 1.82) is 0 Å². The topological polar surface area (TPSA) is 67.4 Å². The predicted molar refractivity (Wildman–Crippen MR) is 67.7 cm³/mol. The predicted octanol–water partition coefficient (Wildman–Crippen LogP) is 0.595. The average Bonchev–Trinajstić information content (AvgIpc) is 2.38. The molecule has 1 aromatic carbocycles. The molecule has 0 spiro atoms. The molecule has 6 heteroatoms. The van der Waals surface area contributed by atoms with Gasteiger partial charge >= 0.3 is 0 Å². The molecule has 0 saturated heterocycles. The summed E-state index contributed by atoms with van der Waals surface area (Å²) in [5, 5.41) is 5.02. The molecule has 0 heterocycles. The average molecular weight is 268 g/mol. The van der Waals surface area contributed by atoms with E-state index in [1.165, 1.54) is 13.2 Å². The summed E-state index contributed by atoms with van der Waals surface area (Å²) >= 11 is 0. The van der Waals surface area contributed by atoms with Gasteiger partial charge < -0.3 is 15.4 Å². The Labute approximate surface area is 111 Å². The van der Waals surface area contributed by atoms with Gasteiger partial charge in [-0.25, -0.2) is 4.39 Å². The number of nitrogens with one attached hydrogen (secondary N) is 2. The van der Waals surface area contributed by atoms with Crippen LogP contribution in [0.3, 0.4) is 0 Å². The van der Waals surface area contributed by atoms with Crippen LogP contribution in [-0.4, -0.2) is 32.1 Å². The molecule has 0 aliphatic heterocycles. The lowest BCUT2D eigenvalue weighted by atomic mass is 10.2. The van der Waals surface area contributed by atoms with Crippen LogP contribution in [-0.2, 0) is 20.9 Å². The minimum atomic E-state index is -0.446. The number of hydrogen-bond acceptors (Lipinski definition) is 3. The van der Waals surface area contributed by atoms with E-state index in [9.17, 15) is 14.0 Å². The summed E-state index contributed by atoms with van der Waals surface area (Å²) in [6, 6.07) is 6.15. The van der Waals surface area contributed by atoms with Crippen LogP contribution in [0.4, 0.5) is 4.39 Å². The maximum atomic E-state index is 13.3. The summed E-state index contributed by atoms with van der Waals surface area (Å²) in [5.74, 6) is -1.21. The molecule has 0 fully saturated rings. The fourth-order valence-electron chi connectivity index (χ4n) is 1.40. The molecule has 0 radical (unpaired) electrons. The Morgan fingerprint density at radius 2 is 1.89 bits per heavy atom. The minimum absolute atomic E-state index is 0.0663. The number of carbonyl (C=O) groups is 2. The molecule has 1 aromatic rings. The highest BCUT2D eigenvalue weighted by Crippen LogP contribution is 2.05. The van der Waals surface area contributed by atoms with Gasteiger partial charge in [0.25, 0.3) is 0 Å². The van der Waals surface area contributed by atoms with Crippen LogP contribution in [0.2, 0.25) is 0 Å². The summed E-state index contributed by atoms with van der Waals surface area (Å²) in [5.41, 5.74) is 0.385. The fraction of sp³-hybridized carbons (Fsp3) is 0.385. The van der Waals surface area contributed by atoms with E-state index in [-0.39, 0.29) is 24.7 Å². The maximum Gasteiger partial charge on any atom is 0.229 e. The molecular formula is C13H17FN2O3. The van der Waals surface area contributed by atoms with Gasteiger partial charge in [-0.1, -0.05) is 18.2 Å². The van der Waals surface area contributed by atoms with Gasteiger partial charge in [0.2, 0.25) is 11.8 Å². The second kappa shape index (κ2) is 8.20. The van der Waals surface area contributed by atoms with Crippen molar-refractivity contribution in [1.82, 2.24) is 10.6 Å². The number of ether oxygens (including phenoxy) is 1. The van der Waals surface area contributed by atoms with Gasteiger partial charge in [-0.3, -0.25) is 9.59 Å². The van der Waals surface area contributed by atoms with Gasteiger partial charge in [-0.15, -0.1) is 0 Å². The van der Waals surface area contributed by atoms with Crippen molar-refractivity contribution in [2.24, 2.45) is 0 Å². The van der Waals surface area contributed by atoms with E-state index in [0.29, 0.717) is 18.7 Å². The smallest absolute Gasteiger partial charge is 0.229 e. The van der Waals surface area contributed by atoms with E-state index in [0.717, 1.165) is 0 Å². The SMILES string of the molecule is COCCNC(=O)CC(=O)NCc1ccccc1F. The van der Waals surface area contributed by atoms with Crippen LogP contribution in [0.5, 0.6) is 0 Å². The minimum Gasteiger partial charge on any atom is -0.383 e. The normalized spacial score (nSPS) is 10.0. The van der Waals surface area contributed by atoms with Crippen LogP contribution in [0.1, 0.15) is 12.0 Å². The molecule has 104 valence electrons. The maximum absolute atomic E-state index is 13.3. The molecule has 2 amide bonds. The van der Waals surface area contributed by atoms with Crippen molar-refractivity contribution in [3.63, 3.8) is 0 Å². The third kappa shape index (κ3) is 5.96. The van der Waals surface area contributed by atoms with Crippen LogP contribution in [0, 0.1) is 5.82 Å². The number of hydrogen-bond donors (Lipinski definition) is 2. The summed E-state index contributed by atoms with van der Waals surface area (Å²) in [4.78, 5) is 22.8. The molecule has 0 aliphatic carbocycles. The molecular weight excluding hydrogens is 251 g/mol. The van der Waals surface area contributed by atoms with Gasteiger partial charge in [0.05, 0.1) is 6.61 Å². The molecule has 5 nitrogen and oxygen atoms in total. The highest BCUT2D eigenvalue weighted by Gasteiger charge is 2.09. The summed E-state index contributed by atoms with van der Waals surface area (Å²) in [6.45, 7) is 0.815. The van der Waals surface area contributed by atoms with Gasteiger partial charge in [-0.05, 0) is 6.07 Å². The van der Waals surface area contributed by atoms with Crippen molar-refractivity contribution in [2.45, 2.75) is 13.0 Å². The Bertz CT molecular complexity index is 438. The van der Waals surface area contributed by atoms with E-state index >= 15 is 0 Å². The second-order valence-corrected chi connectivity index (χ2v) is 3.89. The summed E-state index contributed by atoms with van der Waals surface area (Å²) < 4.78 is 18.0. The third-order valence-corrected chi connectivity index (χ3v) is 2.38. The van der Waals surface area contributed by atoms with Gasteiger partial charge in [0.1, 0.15) is 12.2 Å². The van der Waals surface area contributed by atoms with Gasteiger partial charge in [0, 0.05) is 25.8 Å². The second-order valence-electron chi connectivity index (χ2n) is 3.89. The highest BCUT2D eigenvalue weighted by molar-refractivity contribution is 5.96. The number of methoxy groups -OCH3 is 1. The molecule has 0 atom stereocenters. The van der Waals surface area contributed by atoms with Crippen molar-refractivity contribution in [3.8, 4) is 0 Å².